The van der Waals surface area contributed by atoms with Crippen molar-refractivity contribution in [3.63, 3.8) is 0 Å². The Kier molecular flexibility index (Phi) is 5.11. The molecular weight excluding hydrogens is 390 g/mol. The van der Waals surface area contributed by atoms with Gasteiger partial charge in [0.15, 0.2) is 5.82 Å². The molecule has 1 aliphatic carbocycles. The molecule has 4 rings (SSSR count). The van der Waals surface area contributed by atoms with Crippen molar-refractivity contribution in [1.29, 1.82) is 0 Å². The predicted molar refractivity (Wildman–Crippen MR) is 111 cm³/mol. The van der Waals surface area contributed by atoms with Crippen LogP contribution in [0.4, 0.5) is 20.5 Å². The number of rotatable bonds is 6. The molecule has 0 bridgehead atoms. The standard InChI is InChI=1S/C21H22F2N6O/c1-13-9-16(28-30-13)11-25-19-18-17(26-20(24)27-19)7-8-29(18)12-14-5-3-4-6-15(10-14)21(2,22)23/h3-4,6-10H,5,11-12H2,1-2H3,(H3,24,25,26,27). The maximum Gasteiger partial charge on any atom is 0.270 e. The predicted octanol–water partition coefficient (Wildman–Crippen LogP) is 4.39. The van der Waals surface area contributed by atoms with Crippen LogP contribution in [0.2, 0.25) is 0 Å². The van der Waals surface area contributed by atoms with Crippen LogP contribution in [-0.4, -0.2) is 25.6 Å². The molecule has 0 unspecified atom stereocenters. The molecule has 0 aliphatic heterocycles. The second-order valence-electron chi connectivity index (χ2n) is 7.34. The average Bonchev–Trinajstić information content (AvgIpc) is 3.18. The van der Waals surface area contributed by atoms with Gasteiger partial charge in [-0.3, -0.25) is 0 Å². The zero-order valence-electron chi connectivity index (χ0n) is 16.7. The van der Waals surface area contributed by atoms with Gasteiger partial charge in [0, 0.05) is 31.3 Å². The molecular formula is C21H22F2N6O. The minimum absolute atomic E-state index is 0.0112. The minimum atomic E-state index is -2.90. The minimum Gasteiger partial charge on any atom is -0.368 e. The van der Waals surface area contributed by atoms with Gasteiger partial charge >= 0.3 is 0 Å². The smallest absolute Gasteiger partial charge is 0.270 e. The molecule has 3 N–H and O–H groups in total. The number of nitrogens with zero attached hydrogens (tertiary/aromatic N) is 4. The molecule has 9 heteroatoms. The van der Waals surface area contributed by atoms with Gasteiger partial charge in [-0.1, -0.05) is 29.5 Å². The van der Waals surface area contributed by atoms with Crippen LogP contribution in [0.15, 0.2) is 58.3 Å². The van der Waals surface area contributed by atoms with Crippen LogP contribution in [0.3, 0.4) is 0 Å². The molecule has 1 aliphatic rings. The Balaban J connectivity index is 1.65. The summed E-state index contributed by atoms with van der Waals surface area (Å²) in [5.74, 6) is -1.50. The zero-order chi connectivity index (χ0) is 21.3. The summed E-state index contributed by atoms with van der Waals surface area (Å²) in [4.78, 5) is 8.62. The number of aryl methyl sites for hydroxylation is 1. The highest BCUT2D eigenvalue weighted by Gasteiger charge is 2.26. The zero-order valence-corrected chi connectivity index (χ0v) is 16.7. The molecule has 3 aromatic heterocycles. The van der Waals surface area contributed by atoms with E-state index in [2.05, 4.69) is 20.4 Å². The van der Waals surface area contributed by atoms with Crippen molar-refractivity contribution in [2.75, 3.05) is 11.1 Å². The molecule has 0 amide bonds. The van der Waals surface area contributed by atoms with E-state index < -0.39 is 5.92 Å². The van der Waals surface area contributed by atoms with E-state index in [1.807, 2.05) is 35.9 Å². The Bertz CT molecular complexity index is 1170. The van der Waals surface area contributed by atoms with Gasteiger partial charge in [-0.2, -0.15) is 4.98 Å². The highest BCUT2D eigenvalue weighted by molar-refractivity contribution is 5.87. The summed E-state index contributed by atoms with van der Waals surface area (Å²) in [5, 5.41) is 7.19. The Morgan fingerprint density at radius 3 is 2.90 bits per heavy atom. The molecule has 0 saturated heterocycles. The molecule has 156 valence electrons. The normalized spacial score (nSPS) is 14.5. The Morgan fingerprint density at radius 2 is 2.17 bits per heavy atom. The van der Waals surface area contributed by atoms with Crippen LogP contribution in [0, 0.1) is 6.92 Å². The molecule has 0 saturated carbocycles. The van der Waals surface area contributed by atoms with E-state index >= 15 is 0 Å². The maximum absolute atomic E-state index is 13.9. The van der Waals surface area contributed by atoms with Crippen LogP contribution in [0.5, 0.6) is 0 Å². The third kappa shape index (κ3) is 4.24. The molecule has 3 heterocycles. The molecule has 0 fully saturated rings. The number of allylic oxidation sites excluding steroid dienone is 6. The van der Waals surface area contributed by atoms with Crippen LogP contribution in [0.25, 0.3) is 11.0 Å². The lowest BCUT2D eigenvalue weighted by molar-refractivity contribution is 0.0674. The molecule has 0 radical (unpaired) electrons. The quantitative estimate of drug-likeness (QED) is 0.624. The Morgan fingerprint density at radius 1 is 1.33 bits per heavy atom. The van der Waals surface area contributed by atoms with E-state index in [9.17, 15) is 8.78 Å². The van der Waals surface area contributed by atoms with E-state index in [1.165, 1.54) is 6.08 Å². The molecule has 0 aromatic carbocycles. The van der Waals surface area contributed by atoms with E-state index in [0.29, 0.717) is 36.6 Å². The van der Waals surface area contributed by atoms with Crippen LogP contribution in [0.1, 0.15) is 24.8 Å². The largest absolute Gasteiger partial charge is 0.368 e. The lowest BCUT2D eigenvalue weighted by Gasteiger charge is -2.14. The number of hydrogen-bond acceptors (Lipinski definition) is 6. The van der Waals surface area contributed by atoms with E-state index in [4.69, 9.17) is 10.3 Å². The van der Waals surface area contributed by atoms with E-state index in [1.54, 1.807) is 12.2 Å². The molecule has 7 nitrogen and oxygen atoms in total. The molecule has 0 spiro atoms. The summed E-state index contributed by atoms with van der Waals surface area (Å²) in [5.41, 5.74) is 8.84. The van der Waals surface area contributed by atoms with Crippen molar-refractivity contribution >= 4 is 22.8 Å². The monoisotopic (exact) mass is 412 g/mol. The highest BCUT2D eigenvalue weighted by Crippen LogP contribution is 2.29. The fraction of sp³-hybridized carbons (Fsp3) is 0.286. The Hall–Kier alpha value is -3.49. The van der Waals surface area contributed by atoms with Gasteiger partial charge in [0.1, 0.15) is 17.0 Å². The first-order valence-electron chi connectivity index (χ1n) is 9.52. The number of aromatic nitrogens is 4. The summed E-state index contributed by atoms with van der Waals surface area (Å²) in [6.07, 6.45) is 8.99. The SMILES string of the molecule is Cc1cc(CNc2nc(N)nc3ccn(CC4=CC(C(C)(F)F)=CC=CC4)c23)no1. The summed E-state index contributed by atoms with van der Waals surface area (Å²) < 4.78 is 34.7. The van der Waals surface area contributed by atoms with Crippen LogP contribution >= 0.6 is 0 Å². The van der Waals surface area contributed by atoms with Crippen LogP contribution in [-0.2, 0) is 13.1 Å². The molecule has 0 atom stereocenters. The van der Waals surface area contributed by atoms with Crippen molar-refractivity contribution in [3.05, 3.63) is 65.2 Å². The van der Waals surface area contributed by atoms with Crippen molar-refractivity contribution in [2.24, 2.45) is 0 Å². The lowest BCUT2D eigenvalue weighted by Crippen LogP contribution is -2.13. The van der Waals surface area contributed by atoms with Gasteiger partial charge < -0.3 is 20.1 Å². The molecule has 30 heavy (non-hydrogen) atoms. The highest BCUT2D eigenvalue weighted by atomic mass is 19.3. The van der Waals surface area contributed by atoms with E-state index in [-0.39, 0.29) is 11.5 Å². The van der Waals surface area contributed by atoms with Crippen molar-refractivity contribution in [1.82, 2.24) is 19.7 Å². The summed E-state index contributed by atoms with van der Waals surface area (Å²) in [7, 11) is 0. The lowest BCUT2D eigenvalue weighted by atomic mass is 10.1. The maximum atomic E-state index is 13.9. The Labute approximate surface area is 172 Å². The van der Waals surface area contributed by atoms with Gasteiger partial charge in [-0.25, -0.2) is 13.8 Å². The third-order valence-electron chi connectivity index (χ3n) is 4.77. The topological polar surface area (TPSA) is 94.8 Å². The van der Waals surface area contributed by atoms with Crippen molar-refractivity contribution in [3.8, 4) is 0 Å². The van der Waals surface area contributed by atoms with Crippen molar-refractivity contribution < 1.29 is 13.3 Å². The van der Waals surface area contributed by atoms with Gasteiger partial charge in [-0.15, -0.1) is 0 Å². The third-order valence-corrected chi connectivity index (χ3v) is 4.77. The first kappa shape index (κ1) is 19.8. The fourth-order valence-corrected chi connectivity index (χ4v) is 3.38. The van der Waals surface area contributed by atoms with Gasteiger partial charge in [-0.05, 0) is 25.0 Å². The number of halogens is 2. The summed E-state index contributed by atoms with van der Waals surface area (Å²) >= 11 is 0. The number of fused-ring (bicyclic) bond motifs is 1. The second-order valence-corrected chi connectivity index (χ2v) is 7.34. The first-order chi connectivity index (χ1) is 14.3. The number of nitrogens with two attached hydrogens (primary N) is 1. The van der Waals surface area contributed by atoms with Gasteiger partial charge in [0.25, 0.3) is 5.92 Å². The molecule has 3 aromatic rings. The number of hydrogen-bond donors (Lipinski definition) is 2. The summed E-state index contributed by atoms with van der Waals surface area (Å²) in [6.45, 7) is 3.54. The summed E-state index contributed by atoms with van der Waals surface area (Å²) in [6, 6.07) is 3.66. The number of alkyl halides is 2. The number of nitrogen functional groups attached to an aromatic ring is 1. The first-order valence-corrected chi connectivity index (χ1v) is 9.52. The number of anilines is 2. The second kappa shape index (κ2) is 7.74. The van der Waals surface area contributed by atoms with E-state index in [0.717, 1.165) is 23.7 Å². The van der Waals surface area contributed by atoms with Crippen molar-refractivity contribution in [2.45, 2.75) is 39.3 Å². The van der Waals surface area contributed by atoms with Gasteiger partial charge in [0.2, 0.25) is 5.95 Å². The average molecular weight is 412 g/mol. The number of nitrogens with one attached hydrogen (secondary N) is 1. The van der Waals surface area contributed by atoms with Gasteiger partial charge in [0.05, 0.1) is 12.1 Å². The fourth-order valence-electron chi connectivity index (χ4n) is 3.38. The van der Waals surface area contributed by atoms with Crippen LogP contribution < -0.4 is 11.1 Å².